The molecule has 1 aliphatic carbocycles. The van der Waals surface area contributed by atoms with Crippen LogP contribution in [0.1, 0.15) is 50.5 Å². The first-order valence-electron chi connectivity index (χ1n) is 9.96. The maximum absolute atomic E-state index is 11.8. The molecule has 0 N–H and O–H groups in total. The predicted molar refractivity (Wildman–Crippen MR) is 107 cm³/mol. The lowest BCUT2D eigenvalue weighted by molar-refractivity contribution is -0.384. The van der Waals surface area contributed by atoms with Gasteiger partial charge in [0.2, 0.25) is 0 Å². The van der Waals surface area contributed by atoms with E-state index < -0.39 is 0 Å². The van der Waals surface area contributed by atoms with Crippen LogP contribution in [0, 0.1) is 16.0 Å². The van der Waals surface area contributed by atoms with E-state index in [0.29, 0.717) is 11.8 Å². The van der Waals surface area contributed by atoms with E-state index in [4.69, 9.17) is 4.74 Å². The van der Waals surface area contributed by atoms with Gasteiger partial charge in [-0.3, -0.25) is 10.1 Å². The molecule has 5 nitrogen and oxygen atoms in total. The lowest BCUT2D eigenvalue weighted by atomic mass is 9.93. The van der Waals surface area contributed by atoms with Gasteiger partial charge in [-0.2, -0.15) is 0 Å². The van der Waals surface area contributed by atoms with Crippen molar-refractivity contribution in [3.63, 3.8) is 0 Å². The van der Waals surface area contributed by atoms with Crippen molar-refractivity contribution in [1.29, 1.82) is 0 Å². The Labute approximate surface area is 160 Å². The van der Waals surface area contributed by atoms with Gasteiger partial charge in [0, 0.05) is 24.7 Å². The minimum absolute atomic E-state index is 0.217. The second-order valence-electron chi connectivity index (χ2n) is 7.65. The van der Waals surface area contributed by atoms with Crippen LogP contribution in [0.2, 0.25) is 0 Å². The highest BCUT2D eigenvalue weighted by atomic mass is 16.6. The average molecular weight is 366 g/mol. The number of nitro groups is 1. The van der Waals surface area contributed by atoms with E-state index in [0.717, 1.165) is 61.5 Å². The number of ether oxygens (including phenoxy) is 1. The minimum atomic E-state index is -0.233. The van der Waals surface area contributed by atoms with Gasteiger partial charge < -0.3 is 9.64 Å². The van der Waals surface area contributed by atoms with E-state index in [1.807, 2.05) is 30.3 Å². The Bertz CT molecular complexity index is 818. The molecule has 27 heavy (non-hydrogen) atoms. The summed E-state index contributed by atoms with van der Waals surface area (Å²) in [6.07, 6.45) is 5.56. The number of nitrogens with zero attached hydrogens (tertiary/aromatic N) is 2. The summed E-state index contributed by atoms with van der Waals surface area (Å²) >= 11 is 0. The summed E-state index contributed by atoms with van der Waals surface area (Å²) < 4.78 is 6.18. The number of nitro benzene ring substituents is 1. The van der Waals surface area contributed by atoms with Crippen molar-refractivity contribution < 1.29 is 9.66 Å². The largest absolute Gasteiger partial charge is 0.457 e. The second-order valence-corrected chi connectivity index (χ2v) is 7.65. The first-order valence-corrected chi connectivity index (χ1v) is 9.96. The third kappa shape index (κ3) is 3.77. The van der Waals surface area contributed by atoms with Gasteiger partial charge >= 0.3 is 0 Å². The highest BCUT2D eigenvalue weighted by Crippen LogP contribution is 2.53. The number of piperidine rings is 1. The normalized spacial score (nSPS) is 19.7. The van der Waals surface area contributed by atoms with Crippen molar-refractivity contribution in [3.8, 4) is 11.5 Å². The van der Waals surface area contributed by atoms with E-state index in [-0.39, 0.29) is 10.6 Å². The molecule has 4 rings (SSSR count). The molecule has 0 spiro atoms. The minimum Gasteiger partial charge on any atom is -0.457 e. The fourth-order valence-electron chi connectivity index (χ4n) is 4.13. The van der Waals surface area contributed by atoms with Crippen LogP contribution in [0.4, 0.5) is 11.4 Å². The molecule has 0 amide bonds. The van der Waals surface area contributed by atoms with Crippen molar-refractivity contribution in [3.05, 3.63) is 58.1 Å². The van der Waals surface area contributed by atoms with E-state index in [1.165, 1.54) is 6.42 Å². The van der Waals surface area contributed by atoms with Gasteiger partial charge in [0.05, 0.1) is 4.92 Å². The van der Waals surface area contributed by atoms with Crippen molar-refractivity contribution in [2.75, 3.05) is 18.0 Å². The highest BCUT2D eigenvalue weighted by molar-refractivity contribution is 5.74. The van der Waals surface area contributed by atoms with Gasteiger partial charge in [0.25, 0.3) is 5.69 Å². The highest BCUT2D eigenvalue weighted by Gasteiger charge is 2.37. The third-order valence-electron chi connectivity index (χ3n) is 5.72. The van der Waals surface area contributed by atoms with Gasteiger partial charge in [-0.1, -0.05) is 31.5 Å². The van der Waals surface area contributed by atoms with Gasteiger partial charge in [-0.15, -0.1) is 0 Å². The Morgan fingerprint density at radius 3 is 2.59 bits per heavy atom. The number of para-hydroxylation sites is 1. The van der Waals surface area contributed by atoms with Crippen LogP contribution in [-0.2, 0) is 0 Å². The third-order valence-corrected chi connectivity index (χ3v) is 5.72. The summed E-state index contributed by atoms with van der Waals surface area (Å²) in [6, 6.07) is 13.1. The average Bonchev–Trinajstić information content (AvgIpc) is 3.53. The van der Waals surface area contributed by atoms with E-state index in [9.17, 15) is 10.1 Å². The quantitative estimate of drug-likeness (QED) is 0.472. The fourth-order valence-corrected chi connectivity index (χ4v) is 4.13. The van der Waals surface area contributed by atoms with Crippen molar-refractivity contribution in [2.24, 2.45) is 5.92 Å². The van der Waals surface area contributed by atoms with Crippen LogP contribution in [0.5, 0.6) is 11.5 Å². The van der Waals surface area contributed by atoms with Gasteiger partial charge in [0.15, 0.2) is 0 Å². The monoisotopic (exact) mass is 366 g/mol. The fraction of sp³-hybridized carbons (Fsp3) is 0.455. The van der Waals surface area contributed by atoms with Gasteiger partial charge in [-0.05, 0) is 55.7 Å². The molecule has 0 radical (unpaired) electrons. The Morgan fingerprint density at radius 2 is 1.93 bits per heavy atom. The lowest BCUT2D eigenvalue weighted by Gasteiger charge is -2.35. The molecule has 2 aromatic carbocycles. The molecule has 2 aliphatic rings. The molecule has 5 heteroatoms. The lowest BCUT2D eigenvalue weighted by Crippen LogP contribution is -2.36. The molecule has 1 saturated carbocycles. The van der Waals surface area contributed by atoms with E-state index in [1.54, 1.807) is 12.1 Å². The van der Waals surface area contributed by atoms with Crippen LogP contribution in [0.15, 0.2) is 42.5 Å². The number of anilines is 1. The van der Waals surface area contributed by atoms with Crippen molar-refractivity contribution in [2.45, 2.75) is 44.9 Å². The number of benzene rings is 2. The maximum atomic E-state index is 11.8. The topological polar surface area (TPSA) is 55.6 Å². The molecule has 1 atom stereocenters. The number of hydrogen-bond donors (Lipinski definition) is 0. The standard InChI is InChI=1S/C22H26N2O3/c1-2-16-7-6-14-23(15-16)22-19(24(25)26)12-13-20(21(22)17-10-11-17)27-18-8-4-3-5-9-18/h3-5,8-9,12-13,16-17H,2,6-7,10-11,14-15H2,1H3/t16-/m1/s1. The molecular formula is C22H26N2O3. The molecule has 0 unspecified atom stereocenters. The molecule has 2 aromatic rings. The summed E-state index contributed by atoms with van der Waals surface area (Å²) in [7, 11) is 0. The zero-order chi connectivity index (χ0) is 18.8. The first-order chi connectivity index (χ1) is 13.2. The zero-order valence-corrected chi connectivity index (χ0v) is 15.8. The summed E-state index contributed by atoms with van der Waals surface area (Å²) in [5, 5.41) is 11.8. The Balaban J connectivity index is 1.79. The summed E-state index contributed by atoms with van der Waals surface area (Å²) in [4.78, 5) is 13.8. The summed E-state index contributed by atoms with van der Waals surface area (Å²) in [5.74, 6) is 2.50. The first kappa shape index (κ1) is 17.8. The summed E-state index contributed by atoms with van der Waals surface area (Å²) in [6.45, 7) is 3.98. The number of hydrogen-bond acceptors (Lipinski definition) is 4. The molecule has 1 saturated heterocycles. The second kappa shape index (κ2) is 7.59. The molecule has 0 aromatic heterocycles. The Morgan fingerprint density at radius 1 is 1.15 bits per heavy atom. The Hall–Kier alpha value is -2.56. The zero-order valence-electron chi connectivity index (χ0n) is 15.8. The molecule has 1 aliphatic heterocycles. The van der Waals surface area contributed by atoms with Crippen LogP contribution >= 0.6 is 0 Å². The van der Waals surface area contributed by atoms with Crippen molar-refractivity contribution in [1.82, 2.24) is 0 Å². The van der Waals surface area contributed by atoms with Crippen LogP contribution in [0.25, 0.3) is 0 Å². The molecular weight excluding hydrogens is 340 g/mol. The molecule has 2 fully saturated rings. The molecule has 142 valence electrons. The predicted octanol–water partition coefficient (Wildman–Crippen LogP) is 5.89. The SMILES string of the molecule is CC[C@@H]1CCCN(c2c([N+](=O)[O-])ccc(Oc3ccccc3)c2C2CC2)C1. The Kier molecular flexibility index (Phi) is 5.01. The van der Waals surface area contributed by atoms with Crippen LogP contribution in [0.3, 0.4) is 0 Å². The summed E-state index contributed by atoms with van der Waals surface area (Å²) in [5.41, 5.74) is 2.05. The maximum Gasteiger partial charge on any atom is 0.293 e. The molecule has 1 heterocycles. The van der Waals surface area contributed by atoms with E-state index in [2.05, 4.69) is 11.8 Å². The van der Waals surface area contributed by atoms with Crippen LogP contribution < -0.4 is 9.64 Å². The smallest absolute Gasteiger partial charge is 0.293 e. The van der Waals surface area contributed by atoms with Crippen molar-refractivity contribution >= 4 is 11.4 Å². The number of rotatable bonds is 6. The van der Waals surface area contributed by atoms with Gasteiger partial charge in [-0.25, -0.2) is 0 Å². The molecule has 0 bridgehead atoms. The van der Waals surface area contributed by atoms with E-state index >= 15 is 0 Å². The van der Waals surface area contributed by atoms with Gasteiger partial charge in [0.1, 0.15) is 17.2 Å². The van der Waals surface area contributed by atoms with Crippen LogP contribution in [-0.4, -0.2) is 18.0 Å².